The molecular weight excluding hydrogens is 269 g/mol. The number of carbonyl (C=O) groups excluding carboxylic acids is 1. The van der Waals surface area contributed by atoms with Crippen LogP contribution in [-0.2, 0) is 4.79 Å². The molecule has 3 nitrogen and oxygen atoms in total. The van der Waals surface area contributed by atoms with Crippen molar-refractivity contribution in [2.24, 2.45) is 5.41 Å². The molecule has 114 valence electrons. The van der Waals surface area contributed by atoms with Crippen molar-refractivity contribution in [3.63, 3.8) is 0 Å². The van der Waals surface area contributed by atoms with Crippen LogP contribution in [0.15, 0.2) is 0 Å². The van der Waals surface area contributed by atoms with E-state index in [1.165, 1.54) is 0 Å². The van der Waals surface area contributed by atoms with Gasteiger partial charge in [0.05, 0.1) is 6.07 Å². The molecule has 0 saturated heterocycles. The minimum Gasteiger partial charge on any atom is -0.332 e. The molecule has 0 unspecified atom stereocenters. The van der Waals surface area contributed by atoms with Crippen molar-refractivity contribution >= 4 is 5.91 Å². The van der Waals surface area contributed by atoms with Crippen molar-refractivity contribution in [3.8, 4) is 6.07 Å². The van der Waals surface area contributed by atoms with Crippen LogP contribution in [-0.4, -0.2) is 30.1 Å². The standard InChI is InChI=1S/C14H21F3N2O/c1-2-9-19(11-14(15,16)17)12(20)13(10-18)7-5-3-4-6-8-13/h2-9,11H2,1H3. The van der Waals surface area contributed by atoms with Crippen molar-refractivity contribution in [3.05, 3.63) is 0 Å². The highest BCUT2D eigenvalue weighted by molar-refractivity contribution is 5.85. The Kier molecular flexibility index (Phi) is 5.85. The lowest BCUT2D eigenvalue weighted by molar-refractivity contribution is -0.166. The van der Waals surface area contributed by atoms with Gasteiger partial charge in [0.25, 0.3) is 0 Å². The first kappa shape index (κ1) is 16.8. The van der Waals surface area contributed by atoms with Crippen molar-refractivity contribution < 1.29 is 18.0 Å². The van der Waals surface area contributed by atoms with Gasteiger partial charge in [-0.05, 0) is 19.3 Å². The summed E-state index contributed by atoms with van der Waals surface area (Å²) in [6.45, 7) is 0.508. The summed E-state index contributed by atoms with van der Waals surface area (Å²) in [7, 11) is 0. The summed E-state index contributed by atoms with van der Waals surface area (Å²) >= 11 is 0. The molecule has 1 aliphatic rings. The molecule has 1 saturated carbocycles. The fourth-order valence-corrected chi connectivity index (χ4v) is 2.75. The Bertz CT molecular complexity index is 366. The zero-order valence-electron chi connectivity index (χ0n) is 11.8. The Morgan fingerprint density at radius 1 is 1.25 bits per heavy atom. The smallest absolute Gasteiger partial charge is 0.332 e. The number of nitrogens with zero attached hydrogens (tertiary/aromatic N) is 2. The van der Waals surface area contributed by atoms with Gasteiger partial charge in [-0.25, -0.2) is 0 Å². The SMILES string of the molecule is CCCN(CC(F)(F)F)C(=O)C1(C#N)CCCCCC1. The molecule has 0 aliphatic heterocycles. The maximum atomic E-state index is 12.6. The fourth-order valence-electron chi connectivity index (χ4n) is 2.75. The van der Waals surface area contributed by atoms with Crippen LogP contribution >= 0.6 is 0 Å². The van der Waals surface area contributed by atoms with Crippen LogP contribution in [0.2, 0.25) is 0 Å². The van der Waals surface area contributed by atoms with Crippen molar-refractivity contribution in [2.45, 2.75) is 58.0 Å². The van der Waals surface area contributed by atoms with Crippen LogP contribution in [0, 0.1) is 16.7 Å². The summed E-state index contributed by atoms with van der Waals surface area (Å²) in [4.78, 5) is 13.3. The highest BCUT2D eigenvalue weighted by Gasteiger charge is 2.44. The predicted molar refractivity (Wildman–Crippen MR) is 68.7 cm³/mol. The van der Waals surface area contributed by atoms with Crippen LogP contribution in [0.4, 0.5) is 13.2 Å². The normalized spacial score (nSPS) is 18.9. The molecule has 1 fully saturated rings. The second-order valence-corrected chi connectivity index (χ2v) is 5.45. The van der Waals surface area contributed by atoms with Gasteiger partial charge in [-0.3, -0.25) is 4.79 Å². The Labute approximate surface area is 117 Å². The summed E-state index contributed by atoms with van der Waals surface area (Å²) in [6, 6.07) is 2.02. The third-order valence-corrected chi connectivity index (χ3v) is 3.73. The minimum atomic E-state index is -4.42. The first-order chi connectivity index (χ1) is 9.34. The van der Waals surface area contributed by atoms with Crippen molar-refractivity contribution in [1.29, 1.82) is 5.26 Å². The van der Waals surface area contributed by atoms with Crippen LogP contribution in [0.5, 0.6) is 0 Å². The molecule has 0 aromatic carbocycles. The topological polar surface area (TPSA) is 44.1 Å². The quantitative estimate of drug-likeness (QED) is 0.742. The van der Waals surface area contributed by atoms with Gasteiger partial charge in [-0.15, -0.1) is 0 Å². The van der Waals surface area contributed by atoms with Crippen LogP contribution < -0.4 is 0 Å². The first-order valence-electron chi connectivity index (χ1n) is 7.12. The summed E-state index contributed by atoms with van der Waals surface area (Å²) in [5.41, 5.74) is -1.25. The molecule has 0 spiro atoms. The zero-order valence-corrected chi connectivity index (χ0v) is 11.8. The number of rotatable bonds is 4. The molecule has 1 aliphatic carbocycles. The van der Waals surface area contributed by atoms with Gasteiger partial charge in [-0.1, -0.05) is 32.6 Å². The van der Waals surface area contributed by atoms with Crippen LogP contribution in [0.1, 0.15) is 51.9 Å². The van der Waals surface area contributed by atoms with Gasteiger partial charge in [0.1, 0.15) is 12.0 Å². The van der Waals surface area contributed by atoms with Crippen molar-refractivity contribution in [2.75, 3.05) is 13.1 Å². The number of alkyl halides is 3. The van der Waals surface area contributed by atoms with E-state index < -0.39 is 24.0 Å². The molecule has 1 amide bonds. The van der Waals surface area contributed by atoms with E-state index in [4.69, 9.17) is 0 Å². The van der Waals surface area contributed by atoms with E-state index in [0.717, 1.165) is 30.6 Å². The lowest BCUT2D eigenvalue weighted by Crippen LogP contribution is -2.47. The number of amides is 1. The van der Waals surface area contributed by atoms with Gasteiger partial charge >= 0.3 is 6.18 Å². The van der Waals surface area contributed by atoms with Crippen LogP contribution in [0.3, 0.4) is 0 Å². The number of halogens is 3. The lowest BCUT2D eigenvalue weighted by Gasteiger charge is -2.32. The second kappa shape index (κ2) is 6.96. The average molecular weight is 290 g/mol. The third kappa shape index (κ3) is 4.39. The summed E-state index contributed by atoms with van der Waals surface area (Å²) < 4.78 is 37.8. The van der Waals surface area contributed by atoms with Gasteiger partial charge in [0.2, 0.25) is 5.91 Å². The molecule has 0 bridgehead atoms. The van der Waals surface area contributed by atoms with E-state index in [9.17, 15) is 23.2 Å². The maximum Gasteiger partial charge on any atom is 0.406 e. The molecule has 0 aromatic rings. The number of carbonyl (C=O) groups is 1. The molecule has 0 heterocycles. The number of hydrogen-bond donors (Lipinski definition) is 0. The van der Waals surface area contributed by atoms with Gasteiger partial charge in [0.15, 0.2) is 0 Å². The zero-order chi connectivity index (χ0) is 15.2. The first-order valence-corrected chi connectivity index (χ1v) is 7.12. The molecule has 0 aromatic heterocycles. The lowest BCUT2D eigenvalue weighted by atomic mass is 9.80. The molecule has 20 heavy (non-hydrogen) atoms. The van der Waals surface area contributed by atoms with Gasteiger partial charge in [0, 0.05) is 6.54 Å². The highest BCUT2D eigenvalue weighted by Crippen LogP contribution is 2.37. The van der Waals surface area contributed by atoms with E-state index in [1.54, 1.807) is 6.92 Å². The van der Waals surface area contributed by atoms with E-state index in [-0.39, 0.29) is 6.54 Å². The maximum absolute atomic E-state index is 12.6. The van der Waals surface area contributed by atoms with Crippen LogP contribution in [0.25, 0.3) is 0 Å². The second-order valence-electron chi connectivity index (χ2n) is 5.45. The van der Waals surface area contributed by atoms with E-state index in [1.807, 2.05) is 6.07 Å². The fraction of sp³-hybridized carbons (Fsp3) is 0.857. The van der Waals surface area contributed by atoms with Gasteiger partial charge < -0.3 is 4.90 Å². The molecule has 1 rings (SSSR count). The Hall–Kier alpha value is -1.25. The predicted octanol–water partition coefficient (Wildman–Crippen LogP) is 3.65. The Morgan fingerprint density at radius 3 is 2.20 bits per heavy atom. The molecular formula is C14H21F3N2O. The summed E-state index contributed by atoms with van der Waals surface area (Å²) in [6.07, 6.45) is 0.0976. The summed E-state index contributed by atoms with van der Waals surface area (Å²) in [5.74, 6) is -0.638. The number of nitriles is 1. The van der Waals surface area contributed by atoms with Crippen molar-refractivity contribution in [1.82, 2.24) is 4.90 Å². The third-order valence-electron chi connectivity index (χ3n) is 3.73. The van der Waals surface area contributed by atoms with E-state index >= 15 is 0 Å². The molecule has 0 radical (unpaired) electrons. The molecule has 6 heteroatoms. The van der Waals surface area contributed by atoms with E-state index in [2.05, 4.69) is 0 Å². The molecule has 0 atom stereocenters. The Morgan fingerprint density at radius 2 is 1.80 bits per heavy atom. The largest absolute Gasteiger partial charge is 0.406 e. The Balaban J connectivity index is 2.92. The highest BCUT2D eigenvalue weighted by atomic mass is 19.4. The van der Waals surface area contributed by atoms with Gasteiger partial charge in [-0.2, -0.15) is 18.4 Å². The number of hydrogen-bond acceptors (Lipinski definition) is 2. The van der Waals surface area contributed by atoms with E-state index in [0.29, 0.717) is 19.3 Å². The summed E-state index contributed by atoms with van der Waals surface area (Å²) in [5, 5.41) is 9.37. The average Bonchev–Trinajstić information content (AvgIpc) is 2.62. The molecule has 0 N–H and O–H groups in total. The monoisotopic (exact) mass is 290 g/mol. The minimum absolute atomic E-state index is 0.0434.